The maximum Gasteiger partial charge on any atom is 0.179 e. The van der Waals surface area contributed by atoms with Gasteiger partial charge in [0.2, 0.25) is 0 Å². The maximum atomic E-state index is 11.6. The number of aromatic nitrogens is 1. The summed E-state index contributed by atoms with van der Waals surface area (Å²) in [5.41, 5.74) is 0. The molecule has 1 aliphatic rings. The van der Waals surface area contributed by atoms with Gasteiger partial charge in [0.25, 0.3) is 0 Å². The van der Waals surface area contributed by atoms with Crippen LogP contribution in [0.15, 0.2) is 23.2 Å². The topological polar surface area (TPSA) is 59.1 Å². The van der Waals surface area contributed by atoms with Crippen molar-refractivity contribution in [1.29, 1.82) is 0 Å². The highest BCUT2D eigenvalue weighted by molar-refractivity contribution is 7.90. The Morgan fingerprint density at radius 1 is 1.44 bits per heavy atom. The fraction of sp³-hybridized carbons (Fsp3) is 0.615. The SMILES string of the molecule is CC1CCC(CNc2ncccc2S(C)(=O)=O)C1. The Hall–Kier alpha value is -1.10. The number of hydrogen-bond acceptors (Lipinski definition) is 4. The Labute approximate surface area is 109 Å². The van der Waals surface area contributed by atoms with Crippen molar-refractivity contribution in [2.75, 3.05) is 18.1 Å². The second-order valence-corrected chi connectivity index (χ2v) is 7.27. The molecule has 2 atom stereocenters. The molecule has 0 amide bonds. The molecule has 1 aliphatic carbocycles. The zero-order chi connectivity index (χ0) is 13.2. The van der Waals surface area contributed by atoms with Gasteiger partial charge in [-0.25, -0.2) is 13.4 Å². The molecule has 0 spiro atoms. The quantitative estimate of drug-likeness (QED) is 0.910. The van der Waals surface area contributed by atoms with Crippen LogP contribution in [-0.2, 0) is 9.84 Å². The van der Waals surface area contributed by atoms with Crippen LogP contribution in [0.4, 0.5) is 5.82 Å². The van der Waals surface area contributed by atoms with Gasteiger partial charge in [-0.15, -0.1) is 0 Å². The fourth-order valence-electron chi connectivity index (χ4n) is 2.57. The van der Waals surface area contributed by atoms with Crippen LogP contribution in [-0.4, -0.2) is 26.2 Å². The molecule has 100 valence electrons. The van der Waals surface area contributed by atoms with Crippen LogP contribution in [0.25, 0.3) is 0 Å². The van der Waals surface area contributed by atoms with Gasteiger partial charge in [0, 0.05) is 19.0 Å². The molecule has 1 aromatic rings. The fourth-order valence-corrected chi connectivity index (χ4v) is 3.38. The van der Waals surface area contributed by atoms with E-state index in [9.17, 15) is 8.42 Å². The van der Waals surface area contributed by atoms with Crippen molar-refractivity contribution in [2.45, 2.75) is 31.1 Å². The lowest BCUT2D eigenvalue weighted by atomic mass is 10.1. The first-order chi connectivity index (χ1) is 8.47. The molecule has 0 aromatic carbocycles. The second kappa shape index (κ2) is 5.26. The molecule has 1 saturated carbocycles. The Morgan fingerprint density at radius 2 is 2.22 bits per heavy atom. The number of nitrogens with zero attached hydrogens (tertiary/aromatic N) is 1. The standard InChI is InChI=1S/C13H20N2O2S/c1-10-5-6-11(8-10)9-15-13-12(18(2,16)17)4-3-7-14-13/h3-4,7,10-11H,5-6,8-9H2,1-2H3,(H,14,15). The molecule has 18 heavy (non-hydrogen) atoms. The van der Waals surface area contributed by atoms with Crippen LogP contribution in [0.5, 0.6) is 0 Å². The molecule has 1 heterocycles. The first kappa shape index (κ1) is 13.3. The summed E-state index contributed by atoms with van der Waals surface area (Å²) in [5, 5.41) is 3.19. The largest absolute Gasteiger partial charge is 0.369 e. The van der Waals surface area contributed by atoms with Gasteiger partial charge in [-0.05, 0) is 36.8 Å². The molecule has 0 radical (unpaired) electrons. The predicted octanol–water partition coefficient (Wildman–Crippen LogP) is 2.33. The van der Waals surface area contributed by atoms with Crippen LogP contribution < -0.4 is 5.32 Å². The van der Waals surface area contributed by atoms with Gasteiger partial charge in [0.1, 0.15) is 10.7 Å². The summed E-state index contributed by atoms with van der Waals surface area (Å²) in [4.78, 5) is 4.42. The molecule has 5 heteroatoms. The number of nitrogens with one attached hydrogen (secondary N) is 1. The normalized spacial score (nSPS) is 24.1. The smallest absolute Gasteiger partial charge is 0.179 e. The minimum absolute atomic E-state index is 0.288. The van der Waals surface area contributed by atoms with E-state index in [1.807, 2.05) is 0 Å². The second-order valence-electron chi connectivity index (χ2n) is 5.29. The van der Waals surface area contributed by atoms with Crippen LogP contribution in [0, 0.1) is 11.8 Å². The van der Waals surface area contributed by atoms with Gasteiger partial charge in [-0.3, -0.25) is 0 Å². The summed E-state index contributed by atoms with van der Waals surface area (Å²) < 4.78 is 23.2. The summed E-state index contributed by atoms with van der Waals surface area (Å²) >= 11 is 0. The minimum Gasteiger partial charge on any atom is -0.369 e. The first-order valence-electron chi connectivity index (χ1n) is 6.35. The van der Waals surface area contributed by atoms with Gasteiger partial charge in [-0.1, -0.05) is 13.3 Å². The summed E-state index contributed by atoms with van der Waals surface area (Å²) in [5.74, 6) is 1.91. The van der Waals surface area contributed by atoms with Crippen LogP contribution in [0.2, 0.25) is 0 Å². The number of sulfone groups is 1. The van der Waals surface area contributed by atoms with Crippen LogP contribution >= 0.6 is 0 Å². The molecule has 0 aliphatic heterocycles. The summed E-state index contributed by atoms with van der Waals surface area (Å²) in [6.45, 7) is 3.08. The Bertz CT molecular complexity index is 513. The van der Waals surface area contributed by atoms with E-state index >= 15 is 0 Å². The van der Waals surface area contributed by atoms with Crippen molar-refractivity contribution in [2.24, 2.45) is 11.8 Å². The highest BCUT2D eigenvalue weighted by atomic mass is 32.2. The van der Waals surface area contributed by atoms with Crippen molar-refractivity contribution in [3.8, 4) is 0 Å². The first-order valence-corrected chi connectivity index (χ1v) is 8.25. The molecule has 1 fully saturated rings. The highest BCUT2D eigenvalue weighted by Gasteiger charge is 2.22. The number of hydrogen-bond donors (Lipinski definition) is 1. The van der Waals surface area contributed by atoms with E-state index in [2.05, 4.69) is 17.2 Å². The van der Waals surface area contributed by atoms with E-state index in [1.165, 1.54) is 25.5 Å². The Kier molecular flexibility index (Phi) is 3.90. The highest BCUT2D eigenvalue weighted by Crippen LogP contribution is 2.30. The summed E-state index contributed by atoms with van der Waals surface area (Å²) in [6.07, 6.45) is 6.54. The van der Waals surface area contributed by atoms with Crippen LogP contribution in [0.3, 0.4) is 0 Å². The zero-order valence-corrected chi connectivity index (χ0v) is 11.7. The third kappa shape index (κ3) is 3.22. The maximum absolute atomic E-state index is 11.6. The van der Waals surface area contributed by atoms with E-state index in [0.717, 1.165) is 12.5 Å². The molecule has 4 nitrogen and oxygen atoms in total. The molecule has 2 unspecified atom stereocenters. The molecule has 0 bridgehead atoms. The van der Waals surface area contributed by atoms with Crippen molar-refractivity contribution < 1.29 is 8.42 Å². The van der Waals surface area contributed by atoms with E-state index in [0.29, 0.717) is 11.7 Å². The van der Waals surface area contributed by atoms with E-state index in [-0.39, 0.29) is 4.90 Å². The van der Waals surface area contributed by atoms with E-state index < -0.39 is 9.84 Å². The lowest BCUT2D eigenvalue weighted by Gasteiger charge is -2.13. The molecular weight excluding hydrogens is 248 g/mol. The number of pyridine rings is 1. The van der Waals surface area contributed by atoms with Crippen molar-refractivity contribution in [3.05, 3.63) is 18.3 Å². The molecule has 1 N–H and O–H groups in total. The van der Waals surface area contributed by atoms with Crippen molar-refractivity contribution >= 4 is 15.7 Å². The number of rotatable bonds is 4. The van der Waals surface area contributed by atoms with Crippen molar-refractivity contribution in [3.63, 3.8) is 0 Å². The minimum atomic E-state index is -3.21. The van der Waals surface area contributed by atoms with Gasteiger partial charge in [0.05, 0.1) is 0 Å². The van der Waals surface area contributed by atoms with E-state index in [1.54, 1.807) is 18.3 Å². The molecular formula is C13H20N2O2S. The predicted molar refractivity (Wildman–Crippen MR) is 72.3 cm³/mol. The van der Waals surface area contributed by atoms with E-state index in [4.69, 9.17) is 0 Å². The summed E-state index contributed by atoms with van der Waals surface area (Å²) in [7, 11) is -3.21. The molecule has 0 saturated heterocycles. The number of anilines is 1. The zero-order valence-electron chi connectivity index (χ0n) is 10.9. The monoisotopic (exact) mass is 268 g/mol. The van der Waals surface area contributed by atoms with Gasteiger partial charge in [0.15, 0.2) is 9.84 Å². The van der Waals surface area contributed by atoms with Crippen molar-refractivity contribution in [1.82, 2.24) is 4.98 Å². The average Bonchev–Trinajstić information content (AvgIpc) is 2.72. The van der Waals surface area contributed by atoms with Gasteiger partial charge < -0.3 is 5.32 Å². The summed E-state index contributed by atoms with van der Waals surface area (Å²) in [6, 6.07) is 3.25. The van der Waals surface area contributed by atoms with Crippen LogP contribution in [0.1, 0.15) is 26.2 Å². The molecule has 1 aromatic heterocycles. The molecule has 2 rings (SSSR count). The Morgan fingerprint density at radius 3 is 2.83 bits per heavy atom. The Balaban J connectivity index is 2.06. The lowest BCUT2D eigenvalue weighted by Crippen LogP contribution is -2.14. The van der Waals surface area contributed by atoms with Gasteiger partial charge in [-0.2, -0.15) is 0 Å². The van der Waals surface area contributed by atoms with Gasteiger partial charge >= 0.3 is 0 Å². The third-order valence-electron chi connectivity index (χ3n) is 3.53. The lowest BCUT2D eigenvalue weighted by molar-refractivity contribution is 0.536. The third-order valence-corrected chi connectivity index (χ3v) is 4.66. The average molecular weight is 268 g/mol.